The lowest BCUT2D eigenvalue weighted by Gasteiger charge is -2.24. The molecule has 2 rings (SSSR count). The van der Waals surface area contributed by atoms with Crippen LogP contribution in [0.2, 0.25) is 0 Å². The molecular weight excluding hydrogens is 451 g/mol. The van der Waals surface area contributed by atoms with Crippen molar-refractivity contribution in [2.45, 2.75) is 6.54 Å². The molecule has 2 aromatic rings. The highest BCUT2D eigenvalue weighted by Crippen LogP contribution is 2.21. The normalized spacial score (nSPS) is 10.2. The molecule has 2 aromatic carbocycles. The first-order valence-electron chi connectivity index (χ1n) is 7.63. The van der Waals surface area contributed by atoms with Crippen molar-refractivity contribution >= 4 is 45.8 Å². The first-order chi connectivity index (χ1) is 12.0. The van der Waals surface area contributed by atoms with E-state index in [4.69, 9.17) is 17.0 Å². The summed E-state index contributed by atoms with van der Waals surface area (Å²) in [7, 11) is 1.59. The molecule has 0 heterocycles. The summed E-state index contributed by atoms with van der Waals surface area (Å²) in [5.74, 6) is 0.423. The Morgan fingerprint density at radius 2 is 2.00 bits per heavy atom. The van der Waals surface area contributed by atoms with Crippen LogP contribution in [0.15, 0.2) is 48.5 Å². The summed E-state index contributed by atoms with van der Waals surface area (Å²) in [6, 6.07) is 14.9. The highest BCUT2D eigenvalue weighted by molar-refractivity contribution is 14.1. The topological polar surface area (TPSA) is 61.8 Å². The fourth-order valence-electron chi connectivity index (χ4n) is 2.23. The van der Waals surface area contributed by atoms with E-state index in [1.807, 2.05) is 30.3 Å². The molecule has 0 atom stereocenters. The Morgan fingerprint density at radius 1 is 1.28 bits per heavy atom. The molecule has 0 radical (unpaired) electrons. The van der Waals surface area contributed by atoms with E-state index in [0.29, 0.717) is 24.4 Å². The first-order valence-corrected chi connectivity index (χ1v) is 9.12. The second-order valence-electron chi connectivity index (χ2n) is 5.24. The number of rotatable bonds is 6. The number of halogens is 1. The number of thiocarbonyl (C=S) groups is 1. The summed E-state index contributed by atoms with van der Waals surface area (Å²) in [5.41, 5.74) is 1.54. The number of hydrogen-bond acceptors (Lipinski definition) is 4. The number of carbonyl (C=O) groups is 1. The first kappa shape index (κ1) is 19.6. The van der Waals surface area contributed by atoms with Gasteiger partial charge in [-0.25, -0.2) is 0 Å². The molecule has 132 valence electrons. The van der Waals surface area contributed by atoms with Gasteiger partial charge in [-0.15, -0.1) is 0 Å². The number of nitrogens with zero attached hydrogens (tertiary/aromatic N) is 1. The number of aliphatic hydroxyl groups excluding tert-OH is 1. The minimum absolute atomic E-state index is 0.0523. The molecule has 0 fully saturated rings. The van der Waals surface area contributed by atoms with E-state index in [0.717, 1.165) is 9.13 Å². The Bertz CT molecular complexity index is 740. The van der Waals surface area contributed by atoms with Crippen LogP contribution in [0.3, 0.4) is 0 Å². The van der Waals surface area contributed by atoms with Crippen LogP contribution in [0.5, 0.6) is 5.75 Å². The molecular formula is C18H19IN2O3S. The third-order valence-electron chi connectivity index (χ3n) is 3.51. The van der Waals surface area contributed by atoms with Crippen LogP contribution in [0.4, 0.5) is 0 Å². The molecule has 2 N–H and O–H groups in total. The summed E-state index contributed by atoms with van der Waals surface area (Å²) < 4.78 is 6.04. The zero-order valence-corrected chi connectivity index (χ0v) is 16.7. The highest BCUT2D eigenvalue weighted by atomic mass is 127. The monoisotopic (exact) mass is 470 g/mol. The van der Waals surface area contributed by atoms with Crippen molar-refractivity contribution in [3.8, 4) is 5.75 Å². The maximum atomic E-state index is 12.4. The van der Waals surface area contributed by atoms with E-state index in [2.05, 4.69) is 27.9 Å². The van der Waals surface area contributed by atoms with Crippen molar-refractivity contribution in [1.82, 2.24) is 10.2 Å². The number of nitrogens with one attached hydrogen (secondary N) is 1. The highest BCUT2D eigenvalue weighted by Gasteiger charge is 2.15. The smallest absolute Gasteiger partial charge is 0.257 e. The molecule has 7 heteroatoms. The van der Waals surface area contributed by atoms with Crippen LogP contribution in [0, 0.1) is 3.57 Å². The Morgan fingerprint density at radius 3 is 2.60 bits per heavy atom. The summed E-state index contributed by atoms with van der Waals surface area (Å²) >= 11 is 7.47. The lowest BCUT2D eigenvalue weighted by atomic mass is 10.2. The van der Waals surface area contributed by atoms with Crippen molar-refractivity contribution in [3.05, 3.63) is 63.2 Å². The van der Waals surface area contributed by atoms with Gasteiger partial charge in [-0.2, -0.15) is 0 Å². The third-order valence-corrected chi connectivity index (χ3v) is 4.71. The minimum Gasteiger partial charge on any atom is -0.496 e. The van der Waals surface area contributed by atoms with Gasteiger partial charge in [0.15, 0.2) is 5.11 Å². The van der Waals surface area contributed by atoms with Gasteiger partial charge in [0.1, 0.15) is 5.75 Å². The molecule has 0 bridgehead atoms. The average Bonchev–Trinajstić information content (AvgIpc) is 2.62. The van der Waals surface area contributed by atoms with Crippen molar-refractivity contribution in [1.29, 1.82) is 0 Å². The van der Waals surface area contributed by atoms with E-state index >= 15 is 0 Å². The van der Waals surface area contributed by atoms with Gasteiger partial charge in [-0.05, 0) is 58.6 Å². The van der Waals surface area contributed by atoms with Crippen molar-refractivity contribution < 1.29 is 14.6 Å². The van der Waals surface area contributed by atoms with Gasteiger partial charge in [-0.1, -0.05) is 30.3 Å². The van der Waals surface area contributed by atoms with E-state index in [9.17, 15) is 9.90 Å². The van der Waals surface area contributed by atoms with Gasteiger partial charge in [0.25, 0.3) is 5.91 Å². The van der Waals surface area contributed by atoms with Crippen molar-refractivity contribution in [2.75, 3.05) is 20.3 Å². The standard InChI is InChI=1S/C18H19IN2O3S/c1-24-16-8-7-14(11-15(16)19)17(23)20-18(25)21(9-10-22)12-13-5-3-2-4-6-13/h2-8,11,22H,9-10,12H2,1H3,(H,20,23,25). The van der Waals surface area contributed by atoms with Gasteiger partial charge < -0.3 is 14.7 Å². The van der Waals surface area contributed by atoms with Crippen LogP contribution in [-0.4, -0.2) is 41.3 Å². The maximum absolute atomic E-state index is 12.4. The fraction of sp³-hybridized carbons (Fsp3) is 0.222. The van der Waals surface area contributed by atoms with Gasteiger partial charge in [0.2, 0.25) is 0 Å². The molecule has 25 heavy (non-hydrogen) atoms. The Hall–Kier alpha value is -1.71. The van der Waals surface area contributed by atoms with E-state index in [-0.39, 0.29) is 17.6 Å². The zero-order valence-electron chi connectivity index (χ0n) is 13.7. The van der Waals surface area contributed by atoms with E-state index in [1.165, 1.54) is 0 Å². The second kappa shape index (κ2) is 9.69. The Balaban J connectivity index is 2.06. The van der Waals surface area contributed by atoms with Gasteiger partial charge in [0, 0.05) is 18.7 Å². The lowest BCUT2D eigenvalue weighted by molar-refractivity contribution is 0.0971. The quantitative estimate of drug-likeness (QED) is 0.503. The predicted molar refractivity (Wildman–Crippen MR) is 110 cm³/mol. The molecule has 5 nitrogen and oxygen atoms in total. The second-order valence-corrected chi connectivity index (χ2v) is 6.79. The lowest BCUT2D eigenvalue weighted by Crippen LogP contribution is -2.43. The van der Waals surface area contributed by atoms with Gasteiger partial charge >= 0.3 is 0 Å². The zero-order chi connectivity index (χ0) is 18.2. The molecule has 0 saturated heterocycles. The van der Waals surface area contributed by atoms with Gasteiger partial charge in [0.05, 0.1) is 17.3 Å². The number of hydrogen-bond donors (Lipinski definition) is 2. The summed E-state index contributed by atoms with van der Waals surface area (Å²) in [4.78, 5) is 14.2. The SMILES string of the molecule is COc1ccc(C(=O)NC(=S)N(CCO)Cc2ccccc2)cc1I. The predicted octanol–water partition coefficient (Wildman–Crippen LogP) is 2.81. The van der Waals surface area contributed by atoms with Crippen LogP contribution in [0.25, 0.3) is 0 Å². The summed E-state index contributed by atoms with van der Waals surface area (Å²) in [6.07, 6.45) is 0. The molecule has 0 spiro atoms. The Labute approximate surface area is 166 Å². The molecule has 0 unspecified atom stereocenters. The van der Waals surface area contributed by atoms with Crippen molar-refractivity contribution in [3.63, 3.8) is 0 Å². The number of ether oxygens (including phenoxy) is 1. The third kappa shape index (κ3) is 5.65. The number of aliphatic hydroxyl groups is 1. The molecule has 1 amide bonds. The molecule has 0 aromatic heterocycles. The number of amides is 1. The van der Waals surface area contributed by atoms with Crippen molar-refractivity contribution in [2.24, 2.45) is 0 Å². The van der Waals surface area contributed by atoms with E-state index in [1.54, 1.807) is 30.2 Å². The number of carbonyl (C=O) groups excluding carboxylic acids is 1. The van der Waals surface area contributed by atoms with Gasteiger partial charge in [-0.3, -0.25) is 10.1 Å². The summed E-state index contributed by atoms with van der Waals surface area (Å²) in [5, 5.41) is 12.3. The molecule has 0 aliphatic carbocycles. The molecule has 0 aliphatic heterocycles. The van der Waals surface area contributed by atoms with E-state index < -0.39 is 0 Å². The largest absolute Gasteiger partial charge is 0.496 e. The molecule has 0 aliphatic rings. The summed E-state index contributed by atoms with van der Waals surface area (Å²) in [6.45, 7) is 0.804. The van der Waals surface area contributed by atoms with Crippen LogP contribution in [0.1, 0.15) is 15.9 Å². The van der Waals surface area contributed by atoms with Crippen LogP contribution in [-0.2, 0) is 6.54 Å². The fourth-order valence-corrected chi connectivity index (χ4v) is 3.22. The number of methoxy groups -OCH3 is 1. The Kier molecular flexibility index (Phi) is 7.60. The van der Waals surface area contributed by atoms with Crippen LogP contribution >= 0.6 is 34.8 Å². The number of benzene rings is 2. The maximum Gasteiger partial charge on any atom is 0.257 e. The minimum atomic E-state index is -0.290. The molecule has 0 saturated carbocycles. The average molecular weight is 470 g/mol. The van der Waals surface area contributed by atoms with Crippen LogP contribution < -0.4 is 10.1 Å².